The molecular formula is C22H21ClN4O3S. The Morgan fingerprint density at radius 2 is 1.68 bits per heavy atom. The molecular weight excluding hydrogens is 436 g/mol. The fourth-order valence-corrected chi connectivity index (χ4v) is 4.96. The Hall–Kier alpha value is -2.71. The maximum absolute atomic E-state index is 11.6. The molecule has 2 fully saturated rings. The monoisotopic (exact) mass is 456 g/mol. The van der Waals surface area contributed by atoms with E-state index < -0.39 is 9.84 Å². The van der Waals surface area contributed by atoms with Crippen LogP contribution in [0.5, 0.6) is 5.75 Å². The molecule has 7 nitrogen and oxygen atoms in total. The van der Waals surface area contributed by atoms with Crippen molar-refractivity contribution in [2.24, 2.45) is 17.8 Å². The third-order valence-corrected chi connectivity index (χ3v) is 7.34. The topological polar surface area (TPSA) is 85.3 Å². The van der Waals surface area contributed by atoms with Crippen molar-refractivity contribution in [3.63, 3.8) is 0 Å². The highest BCUT2D eigenvalue weighted by molar-refractivity contribution is 7.90. The van der Waals surface area contributed by atoms with Gasteiger partial charge in [0.25, 0.3) is 0 Å². The Morgan fingerprint density at radius 1 is 1.00 bits per heavy atom. The molecule has 160 valence electrons. The van der Waals surface area contributed by atoms with Crippen LogP contribution in [0.3, 0.4) is 0 Å². The first-order chi connectivity index (χ1) is 14.9. The van der Waals surface area contributed by atoms with Crippen LogP contribution in [0, 0.1) is 17.8 Å². The number of fused-ring (bicyclic) bond motifs is 1. The van der Waals surface area contributed by atoms with Crippen molar-refractivity contribution < 1.29 is 13.2 Å². The van der Waals surface area contributed by atoms with Crippen molar-refractivity contribution in [1.82, 2.24) is 15.0 Å². The molecule has 1 aliphatic heterocycles. The van der Waals surface area contributed by atoms with Crippen molar-refractivity contribution in [3.8, 4) is 17.0 Å². The molecule has 1 saturated carbocycles. The summed E-state index contributed by atoms with van der Waals surface area (Å²) < 4.78 is 29.1. The molecule has 5 rings (SSSR count). The minimum absolute atomic E-state index is 0.298. The van der Waals surface area contributed by atoms with Crippen LogP contribution in [0.15, 0.2) is 59.9 Å². The number of aromatic nitrogens is 3. The van der Waals surface area contributed by atoms with Crippen molar-refractivity contribution in [2.45, 2.75) is 4.90 Å². The molecule has 0 spiro atoms. The van der Waals surface area contributed by atoms with Gasteiger partial charge in [-0.25, -0.2) is 18.4 Å². The number of piperidine rings is 1. The second-order valence-electron chi connectivity index (χ2n) is 8.08. The first kappa shape index (κ1) is 20.2. The highest BCUT2D eigenvalue weighted by Gasteiger charge is 2.56. The van der Waals surface area contributed by atoms with Crippen LogP contribution >= 0.6 is 11.6 Å². The molecule has 1 aromatic carbocycles. The fraction of sp³-hybridized carbons (Fsp3) is 0.318. The summed E-state index contributed by atoms with van der Waals surface area (Å²) in [5, 5.41) is 0.546. The summed E-state index contributed by atoms with van der Waals surface area (Å²) >= 11 is 5.86. The number of benzene rings is 1. The predicted octanol–water partition coefficient (Wildman–Crippen LogP) is 3.36. The van der Waals surface area contributed by atoms with Crippen LogP contribution in [0.4, 0.5) is 5.95 Å². The fourth-order valence-electron chi connectivity index (χ4n) is 4.23. The third-order valence-electron chi connectivity index (χ3n) is 6.02. The van der Waals surface area contributed by atoms with Gasteiger partial charge in [-0.3, -0.25) is 4.98 Å². The average molecular weight is 457 g/mol. The molecule has 1 saturated heterocycles. The molecule has 0 radical (unpaired) electrons. The van der Waals surface area contributed by atoms with Crippen LogP contribution in [0.1, 0.15) is 0 Å². The van der Waals surface area contributed by atoms with E-state index in [1.807, 2.05) is 12.1 Å². The zero-order chi connectivity index (χ0) is 21.6. The standard InChI is InChI=1S/C22H21ClN4O3S/c1-31(28,29)17-5-2-14(3-6-17)21-7-4-16(10-24-21)30-13-20-18-11-27(12-19(18)20)22-25-8-15(23)9-26-22/h2-10,18-20H,11-13H2,1H3. The molecule has 31 heavy (non-hydrogen) atoms. The maximum Gasteiger partial charge on any atom is 0.225 e. The van der Waals surface area contributed by atoms with E-state index in [2.05, 4.69) is 19.9 Å². The summed E-state index contributed by atoms with van der Waals surface area (Å²) in [7, 11) is -3.20. The van der Waals surface area contributed by atoms with Crippen molar-refractivity contribution in [1.29, 1.82) is 0 Å². The predicted molar refractivity (Wildman–Crippen MR) is 118 cm³/mol. The summed E-state index contributed by atoms with van der Waals surface area (Å²) in [6.45, 7) is 2.57. The molecule has 0 N–H and O–H groups in total. The van der Waals surface area contributed by atoms with Gasteiger partial charge in [-0.05, 0) is 36.1 Å². The number of anilines is 1. The van der Waals surface area contributed by atoms with Gasteiger partial charge in [0.2, 0.25) is 5.95 Å². The number of nitrogens with zero attached hydrogens (tertiary/aromatic N) is 4. The van der Waals surface area contributed by atoms with E-state index in [9.17, 15) is 8.42 Å². The summed E-state index contributed by atoms with van der Waals surface area (Å²) in [6.07, 6.45) is 6.17. The molecule has 2 aromatic heterocycles. The number of sulfone groups is 1. The van der Waals surface area contributed by atoms with Gasteiger partial charge in [-0.15, -0.1) is 0 Å². The van der Waals surface area contributed by atoms with Crippen LogP contribution in [-0.4, -0.2) is 49.3 Å². The molecule has 9 heteroatoms. The number of hydrogen-bond acceptors (Lipinski definition) is 7. The van der Waals surface area contributed by atoms with E-state index in [1.165, 1.54) is 6.26 Å². The van der Waals surface area contributed by atoms with Gasteiger partial charge in [0.15, 0.2) is 9.84 Å². The molecule has 2 aliphatic rings. The Bertz CT molecular complexity index is 1170. The van der Waals surface area contributed by atoms with Crippen molar-refractivity contribution >= 4 is 27.4 Å². The van der Waals surface area contributed by atoms with Crippen molar-refractivity contribution in [2.75, 3.05) is 30.9 Å². The normalized spacial score (nSPS) is 22.3. The highest BCUT2D eigenvalue weighted by atomic mass is 35.5. The lowest BCUT2D eigenvalue weighted by molar-refractivity contribution is 0.282. The van der Waals surface area contributed by atoms with Crippen LogP contribution in [0.25, 0.3) is 11.3 Å². The largest absolute Gasteiger partial charge is 0.492 e. The van der Waals surface area contributed by atoms with Gasteiger partial charge in [0.05, 0.1) is 40.8 Å². The number of ether oxygens (including phenoxy) is 1. The lowest BCUT2D eigenvalue weighted by Crippen LogP contribution is -2.27. The number of pyridine rings is 1. The molecule has 3 aromatic rings. The number of rotatable bonds is 6. The van der Waals surface area contributed by atoms with Gasteiger partial charge in [-0.1, -0.05) is 23.7 Å². The van der Waals surface area contributed by atoms with Gasteiger partial charge in [0, 0.05) is 30.8 Å². The van der Waals surface area contributed by atoms with Gasteiger partial charge in [-0.2, -0.15) is 0 Å². The van der Waals surface area contributed by atoms with E-state index in [0.717, 1.165) is 36.0 Å². The lowest BCUT2D eigenvalue weighted by Gasteiger charge is -2.19. The van der Waals surface area contributed by atoms with Crippen LogP contribution < -0.4 is 9.64 Å². The average Bonchev–Trinajstić information content (AvgIpc) is 3.21. The zero-order valence-electron chi connectivity index (χ0n) is 16.8. The van der Waals surface area contributed by atoms with E-state index >= 15 is 0 Å². The Morgan fingerprint density at radius 3 is 2.26 bits per heavy atom. The minimum atomic E-state index is -3.20. The summed E-state index contributed by atoms with van der Waals surface area (Å²) in [5.74, 6) is 3.24. The minimum Gasteiger partial charge on any atom is -0.492 e. The van der Waals surface area contributed by atoms with E-state index in [0.29, 0.717) is 34.3 Å². The SMILES string of the molecule is CS(=O)(=O)c1ccc(-c2ccc(OCC3C4CN(c5ncc(Cl)cn5)CC34)cn2)cc1. The Kier molecular flexibility index (Phi) is 5.06. The van der Waals surface area contributed by atoms with Crippen LogP contribution in [0.2, 0.25) is 5.02 Å². The first-order valence-electron chi connectivity index (χ1n) is 10.0. The summed E-state index contributed by atoms with van der Waals surface area (Å²) in [4.78, 5) is 15.6. The Balaban J connectivity index is 1.14. The number of halogens is 1. The smallest absolute Gasteiger partial charge is 0.225 e. The van der Waals surface area contributed by atoms with E-state index in [4.69, 9.17) is 16.3 Å². The molecule has 2 unspecified atom stereocenters. The quantitative estimate of drug-likeness (QED) is 0.562. The Labute approximate surface area is 186 Å². The lowest BCUT2D eigenvalue weighted by atomic mass is 10.1. The van der Waals surface area contributed by atoms with Gasteiger partial charge >= 0.3 is 0 Å². The van der Waals surface area contributed by atoms with E-state index in [-0.39, 0.29) is 0 Å². The summed E-state index contributed by atoms with van der Waals surface area (Å²) in [6, 6.07) is 10.5. The molecule has 3 heterocycles. The number of hydrogen-bond donors (Lipinski definition) is 0. The second-order valence-corrected chi connectivity index (χ2v) is 10.5. The zero-order valence-corrected chi connectivity index (χ0v) is 18.4. The third kappa shape index (κ3) is 4.22. The van der Waals surface area contributed by atoms with Crippen molar-refractivity contribution in [3.05, 3.63) is 60.0 Å². The molecule has 1 aliphatic carbocycles. The molecule has 0 bridgehead atoms. The highest BCUT2D eigenvalue weighted by Crippen LogP contribution is 2.52. The molecule has 2 atom stereocenters. The summed E-state index contributed by atoms with van der Waals surface area (Å²) in [5.41, 5.74) is 1.63. The first-order valence-corrected chi connectivity index (χ1v) is 12.3. The molecule has 0 amide bonds. The van der Waals surface area contributed by atoms with E-state index in [1.54, 1.807) is 42.9 Å². The van der Waals surface area contributed by atoms with Crippen LogP contribution in [-0.2, 0) is 9.84 Å². The van der Waals surface area contributed by atoms with Gasteiger partial charge < -0.3 is 9.64 Å². The second kappa shape index (κ2) is 7.76. The maximum atomic E-state index is 11.6. The van der Waals surface area contributed by atoms with Gasteiger partial charge in [0.1, 0.15) is 5.75 Å².